The van der Waals surface area contributed by atoms with Gasteiger partial charge in [0.1, 0.15) is 0 Å². The number of carbonyl (C=O) groups is 2. The number of aromatic carboxylic acids is 2. The van der Waals surface area contributed by atoms with Gasteiger partial charge in [0.15, 0.2) is 0 Å². The number of hydrogen-bond donors (Lipinski definition) is 2. The van der Waals surface area contributed by atoms with Gasteiger partial charge in [-0.05, 0) is 53.3 Å². The molecule has 3 aromatic rings. The SMILES string of the molecule is Cc1cc(-c2ccccc2Cc2ccccc2)c(C(=O)O)cc1C(=O)O. The Hall–Kier alpha value is -3.40. The van der Waals surface area contributed by atoms with Gasteiger partial charge in [-0.3, -0.25) is 0 Å². The lowest BCUT2D eigenvalue weighted by atomic mass is 9.89. The maximum absolute atomic E-state index is 11.8. The van der Waals surface area contributed by atoms with Gasteiger partial charge in [0.05, 0.1) is 11.1 Å². The Morgan fingerprint density at radius 1 is 0.769 bits per heavy atom. The molecule has 3 rings (SSSR count). The molecule has 0 atom stereocenters. The first-order valence-electron chi connectivity index (χ1n) is 8.21. The third kappa shape index (κ3) is 3.49. The van der Waals surface area contributed by atoms with Crippen molar-refractivity contribution in [1.29, 1.82) is 0 Å². The normalized spacial score (nSPS) is 10.5. The van der Waals surface area contributed by atoms with Crippen LogP contribution in [0.3, 0.4) is 0 Å². The van der Waals surface area contributed by atoms with Crippen LogP contribution in [0.25, 0.3) is 11.1 Å². The van der Waals surface area contributed by atoms with E-state index in [-0.39, 0.29) is 11.1 Å². The van der Waals surface area contributed by atoms with E-state index >= 15 is 0 Å². The molecule has 4 heteroatoms. The van der Waals surface area contributed by atoms with E-state index in [9.17, 15) is 19.8 Å². The van der Waals surface area contributed by atoms with Crippen LogP contribution >= 0.6 is 0 Å². The van der Waals surface area contributed by atoms with Crippen LogP contribution in [-0.4, -0.2) is 22.2 Å². The predicted molar refractivity (Wildman–Crippen MR) is 99.8 cm³/mol. The smallest absolute Gasteiger partial charge is 0.336 e. The van der Waals surface area contributed by atoms with Gasteiger partial charge < -0.3 is 10.2 Å². The minimum atomic E-state index is -1.14. The summed E-state index contributed by atoms with van der Waals surface area (Å²) >= 11 is 0. The van der Waals surface area contributed by atoms with Crippen molar-refractivity contribution in [2.24, 2.45) is 0 Å². The Bertz CT molecular complexity index is 975. The third-order valence-corrected chi connectivity index (χ3v) is 4.37. The van der Waals surface area contributed by atoms with Crippen LogP contribution in [0.4, 0.5) is 0 Å². The van der Waals surface area contributed by atoms with Crippen molar-refractivity contribution in [1.82, 2.24) is 0 Å². The second kappa shape index (κ2) is 7.23. The summed E-state index contributed by atoms with van der Waals surface area (Å²) in [5, 5.41) is 18.9. The van der Waals surface area contributed by atoms with Gasteiger partial charge in [-0.25, -0.2) is 9.59 Å². The highest BCUT2D eigenvalue weighted by Gasteiger charge is 2.19. The molecule has 0 aliphatic heterocycles. The molecular formula is C22H18O4. The summed E-state index contributed by atoms with van der Waals surface area (Å²) in [5.74, 6) is -2.27. The van der Waals surface area contributed by atoms with Crippen LogP contribution in [0.1, 0.15) is 37.4 Å². The first-order valence-corrected chi connectivity index (χ1v) is 8.21. The zero-order valence-electron chi connectivity index (χ0n) is 14.3. The van der Waals surface area contributed by atoms with Crippen LogP contribution < -0.4 is 0 Å². The van der Waals surface area contributed by atoms with E-state index in [1.54, 1.807) is 13.0 Å². The molecule has 3 aromatic carbocycles. The minimum Gasteiger partial charge on any atom is -0.478 e. The average Bonchev–Trinajstić information content (AvgIpc) is 2.62. The molecule has 0 saturated heterocycles. The molecule has 0 unspecified atom stereocenters. The summed E-state index contributed by atoms with van der Waals surface area (Å²) in [5.41, 5.74) is 3.98. The Kier molecular flexibility index (Phi) is 4.85. The van der Waals surface area contributed by atoms with Gasteiger partial charge in [-0.2, -0.15) is 0 Å². The van der Waals surface area contributed by atoms with Crippen LogP contribution in [0.15, 0.2) is 66.7 Å². The van der Waals surface area contributed by atoms with E-state index < -0.39 is 11.9 Å². The lowest BCUT2D eigenvalue weighted by Crippen LogP contribution is -2.07. The molecule has 4 nitrogen and oxygen atoms in total. The standard InChI is InChI=1S/C22H18O4/c1-14-11-19(20(22(25)26)13-18(14)21(23)24)17-10-6-5-9-16(17)12-15-7-3-2-4-8-15/h2-11,13H,12H2,1H3,(H,23,24)(H,25,26). The molecule has 2 N–H and O–H groups in total. The highest BCUT2D eigenvalue weighted by molar-refractivity contribution is 6.00. The number of rotatable bonds is 5. The summed E-state index contributed by atoms with van der Waals surface area (Å²) in [6, 6.07) is 20.4. The Morgan fingerprint density at radius 3 is 2.04 bits per heavy atom. The Morgan fingerprint density at radius 2 is 1.38 bits per heavy atom. The zero-order valence-corrected chi connectivity index (χ0v) is 14.3. The summed E-state index contributed by atoms with van der Waals surface area (Å²) < 4.78 is 0. The fraction of sp³-hybridized carbons (Fsp3) is 0.0909. The Balaban J connectivity index is 2.16. The average molecular weight is 346 g/mol. The van der Waals surface area contributed by atoms with Gasteiger partial charge in [-0.15, -0.1) is 0 Å². The van der Waals surface area contributed by atoms with E-state index in [0.717, 1.165) is 16.7 Å². The van der Waals surface area contributed by atoms with E-state index in [0.29, 0.717) is 17.5 Å². The van der Waals surface area contributed by atoms with Gasteiger partial charge >= 0.3 is 11.9 Å². The molecule has 26 heavy (non-hydrogen) atoms. The topological polar surface area (TPSA) is 74.6 Å². The largest absolute Gasteiger partial charge is 0.478 e. The highest BCUT2D eigenvalue weighted by atomic mass is 16.4. The van der Waals surface area contributed by atoms with Crippen molar-refractivity contribution in [3.05, 3.63) is 94.5 Å². The molecule has 0 radical (unpaired) electrons. The number of benzene rings is 3. The van der Waals surface area contributed by atoms with Crippen molar-refractivity contribution in [3.63, 3.8) is 0 Å². The summed E-state index contributed by atoms with van der Waals surface area (Å²) in [6.45, 7) is 1.68. The Labute approximate surface area is 151 Å². The predicted octanol–water partition coefficient (Wildman–Crippen LogP) is 4.65. The molecule has 0 spiro atoms. The first-order chi connectivity index (χ1) is 12.5. The summed E-state index contributed by atoms with van der Waals surface area (Å²) in [6.07, 6.45) is 0.663. The molecule has 0 bridgehead atoms. The molecule has 0 heterocycles. The van der Waals surface area contributed by atoms with Gasteiger partial charge in [0.2, 0.25) is 0 Å². The maximum atomic E-state index is 11.8. The number of hydrogen-bond acceptors (Lipinski definition) is 2. The molecule has 0 fully saturated rings. The molecule has 0 aliphatic rings. The second-order valence-electron chi connectivity index (χ2n) is 6.14. The molecule has 0 aliphatic carbocycles. The van der Waals surface area contributed by atoms with E-state index in [4.69, 9.17) is 0 Å². The van der Waals surface area contributed by atoms with Crippen molar-refractivity contribution >= 4 is 11.9 Å². The zero-order chi connectivity index (χ0) is 18.7. The van der Waals surface area contributed by atoms with E-state index in [1.165, 1.54) is 6.07 Å². The van der Waals surface area contributed by atoms with Crippen molar-refractivity contribution < 1.29 is 19.8 Å². The molecule has 0 aromatic heterocycles. The van der Waals surface area contributed by atoms with Gasteiger partial charge in [-0.1, -0.05) is 54.6 Å². The van der Waals surface area contributed by atoms with E-state index in [1.807, 2.05) is 54.6 Å². The molecule has 0 amide bonds. The van der Waals surface area contributed by atoms with Crippen molar-refractivity contribution in [2.45, 2.75) is 13.3 Å². The number of carboxylic acids is 2. The van der Waals surface area contributed by atoms with Crippen LogP contribution in [0.5, 0.6) is 0 Å². The summed E-state index contributed by atoms with van der Waals surface area (Å²) in [7, 11) is 0. The fourth-order valence-electron chi connectivity index (χ4n) is 3.09. The van der Waals surface area contributed by atoms with Crippen molar-refractivity contribution in [3.8, 4) is 11.1 Å². The lowest BCUT2D eigenvalue weighted by molar-refractivity contribution is 0.0695. The molecular weight excluding hydrogens is 328 g/mol. The van der Waals surface area contributed by atoms with Crippen LogP contribution in [0.2, 0.25) is 0 Å². The quantitative estimate of drug-likeness (QED) is 0.705. The molecule has 130 valence electrons. The van der Waals surface area contributed by atoms with Crippen LogP contribution in [0, 0.1) is 6.92 Å². The first kappa shape index (κ1) is 17.4. The fourth-order valence-corrected chi connectivity index (χ4v) is 3.09. The monoisotopic (exact) mass is 346 g/mol. The minimum absolute atomic E-state index is 0.00601. The van der Waals surface area contributed by atoms with Crippen molar-refractivity contribution in [2.75, 3.05) is 0 Å². The number of carboxylic acid groups (broad SMARTS) is 2. The highest BCUT2D eigenvalue weighted by Crippen LogP contribution is 2.31. The van der Waals surface area contributed by atoms with Gasteiger partial charge in [0, 0.05) is 0 Å². The summed E-state index contributed by atoms with van der Waals surface area (Å²) in [4.78, 5) is 23.1. The lowest BCUT2D eigenvalue weighted by Gasteiger charge is -2.14. The van der Waals surface area contributed by atoms with E-state index in [2.05, 4.69) is 0 Å². The second-order valence-corrected chi connectivity index (χ2v) is 6.14. The van der Waals surface area contributed by atoms with Crippen LogP contribution in [-0.2, 0) is 6.42 Å². The third-order valence-electron chi connectivity index (χ3n) is 4.37. The number of aryl methyl sites for hydroxylation is 1. The van der Waals surface area contributed by atoms with Gasteiger partial charge in [0.25, 0.3) is 0 Å². The molecule has 0 saturated carbocycles. The maximum Gasteiger partial charge on any atom is 0.336 e.